The highest BCUT2D eigenvalue weighted by Gasteiger charge is 2.20. The fourth-order valence-electron chi connectivity index (χ4n) is 3.46. The first-order chi connectivity index (χ1) is 8.84. The van der Waals surface area contributed by atoms with Crippen LogP contribution in [0.15, 0.2) is 18.2 Å². The lowest BCUT2D eigenvalue weighted by molar-refractivity contribution is 0.185. The molecular weight excluding hydrogens is 220 g/mol. The van der Waals surface area contributed by atoms with Crippen LogP contribution >= 0.6 is 0 Å². The van der Waals surface area contributed by atoms with Crippen LogP contribution in [0.5, 0.6) is 0 Å². The van der Waals surface area contributed by atoms with Crippen molar-refractivity contribution in [1.29, 1.82) is 0 Å². The highest BCUT2D eigenvalue weighted by molar-refractivity contribution is 5.61. The molecule has 1 fully saturated rings. The molecule has 1 aliphatic heterocycles. The summed E-state index contributed by atoms with van der Waals surface area (Å²) in [4.78, 5) is 2.56. The van der Waals surface area contributed by atoms with Crippen molar-refractivity contribution >= 4 is 5.69 Å². The second kappa shape index (κ2) is 5.31. The molecule has 0 aromatic heterocycles. The molecule has 1 saturated carbocycles. The number of fused-ring (bicyclic) bond motifs is 1. The van der Waals surface area contributed by atoms with E-state index in [0.717, 1.165) is 19.1 Å². The van der Waals surface area contributed by atoms with E-state index < -0.39 is 0 Å². The zero-order valence-corrected chi connectivity index (χ0v) is 11.4. The van der Waals surface area contributed by atoms with Crippen LogP contribution in [0.4, 0.5) is 5.69 Å². The van der Waals surface area contributed by atoms with Crippen LogP contribution < -0.4 is 5.32 Å². The van der Waals surface area contributed by atoms with Gasteiger partial charge < -0.3 is 5.32 Å². The first-order valence-electron chi connectivity index (χ1n) is 7.39. The van der Waals surface area contributed by atoms with Gasteiger partial charge in [-0.25, -0.2) is 0 Å². The smallest absolute Gasteiger partial charge is 0.0419 e. The number of hydrogen-bond donors (Lipinski definition) is 1. The minimum Gasteiger partial charge on any atom is -0.384 e. The summed E-state index contributed by atoms with van der Waals surface area (Å²) in [7, 11) is 2.30. The van der Waals surface area contributed by atoms with E-state index in [-0.39, 0.29) is 0 Å². The van der Waals surface area contributed by atoms with E-state index in [1.54, 1.807) is 0 Å². The Kier molecular flexibility index (Phi) is 3.55. The normalized spacial score (nSPS) is 19.9. The summed E-state index contributed by atoms with van der Waals surface area (Å²) in [5, 5.41) is 3.55. The first-order valence-corrected chi connectivity index (χ1v) is 7.39. The Hall–Kier alpha value is -1.02. The average molecular weight is 244 g/mol. The van der Waals surface area contributed by atoms with Crippen LogP contribution in [-0.2, 0) is 13.0 Å². The van der Waals surface area contributed by atoms with E-state index in [1.165, 1.54) is 55.3 Å². The molecule has 2 aliphatic rings. The van der Waals surface area contributed by atoms with E-state index in [9.17, 15) is 0 Å². The Balaban J connectivity index is 1.70. The molecule has 2 nitrogen and oxygen atoms in total. The third-order valence-corrected chi connectivity index (χ3v) is 4.55. The molecule has 1 aromatic carbocycles. The Morgan fingerprint density at radius 1 is 1.22 bits per heavy atom. The van der Waals surface area contributed by atoms with Crippen molar-refractivity contribution in [3.8, 4) is 0 Å². The van der Waals surface area contributed by atoms with E-state index in [4.69, 9.17) is 0 Å². The fourth-order valence-corrected chi connectivity index (χ4v) is 3.46. The Labute approximate surface area is 110 Å². The largest absolute Gasteiger partial charge is 0.384 e. The molecule has 2 heteroatoms. The maximum Gasteiger partial charge on any atom is 0.0419 e. The molecule has 0 radical (unpaired) electrons. The minimum atomic E-state index is 0.802. The molecule has 0 unspecified atom stereocenters. The quantitative estimate of drug-likeness (QED) is 0.876. The van der Waals surface area contributed by atoms with Crippen molar-refractivity contribution in [2.45, 2.75) is 51.1 Å². The lowest BCUT2D eigenvalue weighted by Crippen LogP contribution is -2.33. The van der Waals surface area contributed by atoms with Gasteiger partial charge in [-0.2, -0.15) is 0 Å². The number of hydrogen-bond acceptors (Lipinski definition) is 2. The molecule has 1 aromatic rings. The van der Waals surface area contributed by atoms with Gasteiger partial charge in [0.15, 0.2) is 0 Å². The number of benzene rings is 1. The summed E-state index contributed by atoms with van der Waals surface area (Å²) >= 11 is 0. The van der Waals surface area contributed by atoms with Gasteiger partial charge in [-0.05, 0) is 37.4 Å². The lowest BCUT2D eigenvalue weighted by Gasteiger charge is -2.31. The van der Waals surface area contributed by atoms with E-state index >= 15 is 0 Å². The van der Waals surface area contributed by atoms with Crippen molar-refractivity contribution in [2.75, 3.05) is 18.9 Å². The second-order valence-corrected chi connectivity index (χ2v) is 5.83. The number of rotatable bonds is 3. The van der Waals surface area contributed by atoms with Gasteiger partial charge in [0.2, 0.25) is 0 Å². The van der Waals surface area contributed by atoms with Gasteiger partial charge in [0.25, 0.3) is 0 Å². The molecular formula is C16H24N2. The maximum absolute atomic E-state index is 3.55. The number of nitrogens with zero attached hydrogens (tertiary/aromatic N) is 1. The Morgan fingerprint density at radius 3 is 2.89 bits per heavy atom. The highest BCUT2D eigenvalue weighted by Crippen LogP contribution is 2.29. The molecule has 1 aliphatic carbocycles. The van der Waals surface area contributed by atoms with Crippen molar-refractivity contribution < 1.29 is 0 Å². The molecule has 1 N–H and O–H groups in total. The van der Waals surface area contributed by atoms with Crippen LogP contribution in [0.3, 0.4) is 0 Å². The molecule has 0 atom stereocenters. The molecule has 3 rings (SSSR count). The standard InChI is InChI=1S/C16H24N2/c1-18(15-8-3-2-4-9-15)12-14-7-5-6-13-10-11-17-16(13)14/h5-7,15,17H,2-4,8-12H2,1H3. The van der Waals surface area contributed by atoms with Gasteiger partial charge in [0, 0.05) is 24.8 Å². The van der Waals surface area contributed by atoms with Gasteiger partial charge in [-0.3, -0.25) is 4.90 Å². The summed E-state index contributed by atoms with van der Waals surface area (Å²) < 4.78 is 0. The van der Waals surface area contributed by atoms with E-state index in [1.807, 2.05) is 0 Å². The minimum absolute atomic E-state index is 0.802. The topological polar surface area (TPSA) is 15.3 Å². The molecule has 0 saturated heterocycles. The molecule has 1 heterocycles. The molecule has 0 amide bonds. The monoisotopic (exact) mass is 244 g/mol. The van der Waals surface area contributed by atoms with Crippen molar-refractivity contribution in [1.82, 2.24) is 4.90 Å². The van der Waals surface area contributed by atoms with Crippen molar-refractivity contribution in [2.24, 2.45) is 0 Å². The van der Waals surface area contributed by atoms with Gasteiger partial charge in [0.1, 0.15) is 0 Å². The Morgan fingerprint density at radius 2 is 2.06 bits per heavy atom. The summed E-state index contributed by atoms with van der Waals surface area (Å²) in [6.07, 6.45) is 8.24. The molecule has 0 spiro atoms. The number of anilines is 1. The van der Waals surface area contributed by atoms with Crippen molar-refractivity contribution in [3.05, 3.63) is 29.3 Å². The molecule has 18 heavy (non-hydrogen) atoms. The van der Waals surface area contributed by atoms with Crippen LogP contribution in [0.25, 0.3) is 0 Å². The van der Waals surface area contributed by atoms with Gasteiger partial charge in [-0.15, -0.1) is 0 Å². The van der Waals surface area contributed by atoms with E-state index in [0.29, 0.717) is 0 Å². The average Bonchev–Trinajstić information content (AvgIpc) is 2.89. The lowest BCUT2D eigenvalue weighted by atomic mass is 9.94. The summed E-state index contributed by atoms with van der Waals surface area (Å²) in [5.74, 6) is 0. The predicted molar refractivity (Wildman–Crippen MR) is 77.0 cm³/mol. The molecule has 98 valence electrons. The number of nitrogens with one attached hydrogen (secondary N) is 1. The predicted octanol–water partition coefficient (Wildman–Crippen LogP) is 3.42. The highest BCUT2D eigenvalue weighted by atomic mass is 15.1. The fraction of sp³-hybridized carbons (Fsp3) is 0.625. The summed E-state index contributed by atoms with van der Waals surface area (Å²) in [6, 6.07) is 7.57. The van der Waals surface area contributed by atoms with Gasteiger partial charge in [0.05, 0.1) is 0 Å². The second-order valence-electron chi connectivity index (χ2n) is 5.83. The number of para-hydroxylation sites is 1. The maximum atomic E-state index is 3.55. The van der Waals surface area contributed by atoms with Crippen LogP contribution in [0.1, 0.15) is 43.2 Å². The first kappa shape index (κ1) is 12.0. The zero-order chi connectivity index (χ0) is 12.4. The van der Waals surface area contributed by atoms with E-state index in [2.05, 4.69) is 35.5 Å². The van der Waals surface area contributed by atoms with Gasteiger partial charge >= 0.3 is 0 Å². The summed E-state index contributed by atoms with van der Waals surface area (Å²) in [5.41, 5.74) is 4.41. The van der Waals surface area contributed by atoms with Crippen LogP contribution in [0.2, 0.25) is 0 Å². The Bertz CT molecular complexity index is 408. The van der Waals surface area contributed by atoms with Crippen molar-refractivity contribution in [3.63, 3.8) is 0 Å². The zero-order valence-electron chi connectivity index (χ0n) is 11.4. The van der Waals surface area contributed by atoms with Crippen LogP contribution in [0, 0.1) is 0 Å². The SMILES string of the molecule is CN(Cc1cccc2c1NCC2)C1CCCCC1. The third kappa shape index (κ3) is 2.39. The summed E-state index contributed by atoms with van der Waals surface area (Å²) in [6.45, 7) is 2.21. The van der Waals surface area contributed by atoms with Gasteiger partial charge in [-0.1, -0.05) is 37.5 Å². The van der Waals surface area contributed by atoms with Crippen LogP contribution in [-0.4, -0.2) is 24.5 Å². The third-order valence-electron chi connectivity index (χ3n) is 4.55. The molecule has 0 bridgehead atoms.